The van der Waals surface area contributed by atoms with Gasteiger partial charge in [-0.15, -0.1) is 0 Å². The number of hydrogen-bond donors (Lipinski definition) is 0. The molecule has 54 heavy (non-hydrogen) atoms. The van der Waals surface area contributed by atoms with Gasteiger partial charge >= 0.3 is 0 Å². The smallest absolute Gasteiger partial charge is 0.0618 e. The van der Waals surface area contributed by atoms with E-state index < -0.39 is 0 Å². The van der Waals surface area contributed by atoms with Gasteiger partial charge in [0, 0.05) is 43.1 Å². The summed E-state index contributed by atoms with van der Waals surface area (Å²) in [6.07, 6.45) is 0. The number of nitrogens with zero attached hydrogens (tertiary/aromatic N) is 2. The number of benzene rings is 10. The Balaban J connectivity index is 1.17. The zero-order valence-corrected chi connectivity index (χ0v) is 29.4. The molecule has 0 aliphatic carbocycles. The van der Waals surface area contributed by atoms with Gasteiger partial charge in [0.05, 0.1) is 33.4 Å². The van der Waals surface area contributed by atoms with E-state index in [9.17, 15) is 0 Å². The van der Waals surface area contributed by atoms with E-state index in [0.29, 0.717) is 0 Å². The lowest BCUT2D eigenvalue weighted by Gasteiger charge is -2.16. The van der Waals surface area contributed by atoms with E-state index in [-0.39, 0.29) is 0 Å². The van der Waals surface area contributed by atoms with Crippen LogP contribution < -0.4 is 0 Å². The molecule has 0 aliphatic rings. The molecule has 12 aromatic rings. The number of rotatable bonds is 3. The maximum absolute atomic E-state index is 2.51. The summed E-state index contributed by atoms with van der Waals surface area (Å²) in [4.78, 5) is 0. The standard InChI is InChI=1S/C52H32N2/c1-5-17-39-35(13-1)29-36-14-2-6-18-40(36)51(39)53-47-23-11-9-21-43(47)45-27-25-33(31-49(45)53)34-26-28-46-44-22-10-12-24-48(44)54(50(46)32-34)52-41-19-7-3-15-37(41)30-38-16-4-8-20-42(38)52/h1-32H. The van der Waals surface area contributed by atoms with Crippen LogP contribution in [0.2, 0.25) is 0 Å². The number of aromatic nitrogens is 2. The second-order valence-electron chi connectivity index (χ2n) is 14.5. The lowest BCUT2D eigenvalue weighted by molar-refractivity contribution is 1.21. The van der Waals surface area contributed by atoms with Crippen LogP contribution in [0.3, 0.4) is 0 Å². The quantitative estimate of drug-likeness (QED) is 0.164. The zero-order chi connectivity index (χ0) is 35.3. The van der Waals surface area contributed by atoms with E-state index in [1.54, 1.807) is 0 Å². The zero-order valence-electron chi connectivity index (χ0n) is 29.4. The molecule has 0 atom stereocenters. The third kappa shape index (κ3) is 4.11. The summed E-state index contributed by atoms with van der Waals surface area (Å²) in [7, 11) is 0. The van der Waals surface area contributed by atoms with E-state index in [4.69, 9.17) is 0 Å². The minimum atomic E-state index is 1.19. The van der Waals surface area contributed by atoms with Crippen LogP contribution in [0.15, 0.2) is 194 Å². The van der Waals surface area contributed by atoms with Gasteiger partial charge in [-0.25, -0.2) is 0 Å². The van der Waals surface area contributed by atoms with Crippen molar-refractivity contribution in [2.45, 2.75) is 0 Å². The van der Waals surface area contributed by atoms with E-state index >= 15 is 0 Å². The largest absolute Gasteiger partial charge is 0.308 e. The highest BCUT2D eigenvalue weighted by atomic mass is 15.0. The first-order chi connectivity index (χ1) is 26.8. The van der Waals surface area contributed by atoms with Crippen molar-refractivity contribution in [3.8, 4) is 22.5 Å². The van der Waals surface area contributed by atoms with Crippen molar-refractivity contribution in [2.24, 2.45) is 0 Å². The Morgan fingerprint density at radius 3 is 0.889 bits per heavy atom. The fourth-order valence-corrected chi connectivity index (χ4v) is 9.24. The number of hydrogen-bond acceptors (Lipinski definition) is 0. The third-order valence-corrected chi connectivity index (χ3v) is 11.6. The van der Waals surface area contributed by atoms with E-state index in [1.807, 2.05) is 0 Å². The molecular formula is C52H32N2. The second-order valence-corrected chi connectivity index (χ2v) is 14.5. The van der Waals surface area contributed by atoms with Gasteiger partial charge in [-0.05, 0) is 69.1 Å². The van der Waals surface area contributed by atoms with Gasteiger partial charge in [-0.2, -0.15) is 0 Å². The van der Waals surface area contributed by atoms with Crippen molar-refractivity contribution in [1.29, 1.82) is 0 Å². The maximum atomic E-state index is 2.51. The highest BCUT2D eigenvalue weighted by molar-refractivity contribution is 6.17. The van der Waals surface area contributed by atoms with Crippen LogP contribution in [0, 0.1) is 0 Å². The lowest BCUT2D eigenvalue weighted by atomic mass is 9.99. The first-order valence-electron chi connectivity index (χ1n) is 18.7. The number of para-hydroxylation sites is 2. The highest BCUT2D eigenvalue weighted by Crippen LogP contribution is 2.42. The van der Waals surface area contributed by atoms with Gasteiger partial charge in [0.15, 0.2) is 0 Å². The fourth-order valence-electron chi connectivity index (χ4n) is 9.24. The molecule has 2 aromatic heterocycles. The Labute approximate surface area is 311 Å². The van der Waals surface area contributed by atoms with E-state index in [0.717, 1.165) is 0 Å². The van der Waals surface area contributed by atoms with Gasteiger partial charge in [-0.1, -0.05) is 158 Å². The molecule has 2 nitrogen and oxygen atoms in total. The maximum Gasteiger partial charge on any atom is 0.0618 e. The van der Waals surface area contributed by atoms with Crippen molar-refractivity contribution in [2.75, 3.05) is 0 Å². The molecule has 0 bridgehead atoms. The van der Waals surface area contributed by atoms with Crippen LogP contribution in [-0.2, 0) is 0 Å². The topological polar surface area (TPSA) is 9.86 Å². The average molecular weight is 685 g/mol. The molecule has 2 heterocycles. The Morgan fingerprint density at radius 2 is 0.519 bits per heavy atom. The van der Waals surface area contributed by atoms with Crippen LogP contribution in [0.4, 0.5) is 0 Å². The molecule has 0 spiro atoms. The van der Waals surface area contributed by atoms with Crippen molar-refractivity contribution in [3.63, 3.8) is 0 Å². The summed E-state index contributed by atoms with van der Waals surface area (Å²) in [5.74, 6) is 0. The summed E-state index contributed by atoms with van der Waals surface area (Å²) in [6.45, 7) is 0. The van der Waals surface area contributed by atoms with Crippen molar-refractivity contribution in [3.05, 3.63) is 194 Å². The summed E-state index contributed by atoms with van der Waals surface area (Å²) >= 11 is 0. The molecule has 250 valence electrons. The van der Waals surface area contributed by atoms with Crippen molar-refractivity contribution < 1.29 is 0 Å². The Kier molecular flexibility index (Phi) is 6.09. The van der Waals surface area contributed by atoms with Gasteiger partial charge in [0.25, 0.3) is 0 Å². The Bertz CT molecular complexity index is 3160. The van der Waals surface area contributed by atoms with Crippen LogP contribution in [0.1, 0.15) is 0 Å². The Morgan fingerprint density at radius 1 is 0.222 bits per heavy atom. The van der Waals surface area contributed by atoms with Gasteiger partial charge in [0.1, 0.15) is 0 Å². The van der Waals surface area contributed by atoms with Gasteiger partial charge < -0.3 is 9.13 Å². The molecule has 2 heteroatoms. The first kappa shape index (κ1) is 29.4. The van der Waals surface area contributed by atoms with Crippen LogP contribution in [0.25, 0.3) is 109 Å². The highest BCUT2D eigenvalue weighted by Gasteiger charge is 2.20. The summed E-state index contributed by atoms with van der Waals surface area (Å²) in [6, 6.07) is 71.7. The molecule has 0 fully saturated rings. The molecule has 10 aromatic carbocycles. The molecule has 0 saturated carbocycles. The van der Waals surface area contributed by atoms with E-state index in [1.165, 1.54) is 109 Å². The molecular weight excluding hydrogens is 653 g/mol. The predicted octanol–water partition coefficient (Wildman–Crippen LogP) is 14.2. The minimum absolute atomic E-state index is 1.19. The van der Waals surface area contributed by atoms with Crippen molar-refractivity contribution in [1.82, 2.24) is 9.13 Å². The fraction of sp³-hybridized carbons (Fsp3) is 0. The molecule has 12 rings (SSSR count). The average Bonchev–Trinajstić information content (AvgIpc) is 3.73. The minimum Gasteiger partial charge on any atom is -0.308 e. The summed E-state index contributed by atoms with van der Waals surface area (Å²) in [5.41, 5.74) is 9.67. The normalized spacial score (nSPS) is 12.1. The molecule has 0 saturated heterocycles. The molecule has 0 aliphatic heterocycles. The first-order valence-corrected chi connectivity index (χ1v) is 18.7. The van der Waals surface area contributed by atoms with E-state index in [2.05, 4.69) is 203 Å². The third-order valence-electron chi connectivity index (χ3n) is 11.6. The number of fused-ring (bicyclic) bond motifs is 10. The second kappa shape index (κ2) is 11.2. The lowest BCUT2D eigenvalue weighted by Crippen LogP contribution is -1.98. The summed E-state index contributed by atoms with van der Waals surface area (Å²) in [5, 5.41) is 15.0. The molecule has 0 N–H and O–H groups in total. The molecule has 0 unspecified atom stereocenters. The monoisotopic (exact) mass is 684 g/mol. The van der Waals surface area contributed by atoms with Gasteiger partial charge in [-0.3, -0.25) is 0 Å². The van der Waals surface area contributed by atoms with Crippen LogP contribution in [0.5, 0.6) is 0 Å². The Hall–Kier alpha value is -7.16. The van der Waals surface area contributed by atoms with Gasteiger partial charge in [0.2, 0.25) is 0 Å². The van der Waals surface area contributed by atoms with Crippen LogP contribution in [-0.4, -0.2) is 9.13 Å². The predicted molar refractivity (Wildman–Crippen MR) is 231 cm³/mol. The SMILES string of the molecule is c1ccc2c(-n3c4ccccc4c4ccc(-c5ccc6c7ccccc7n(-c7c8ccccc8cc8ccccc78)c6c5)cc43)c3ccccc3cc2c1. The molecule has 0 amide bonds. The molecule has 0 radical (unpaired) electrons. The summed E-state index contributed by atoms with van der Waals surface area (Å²) < 4.78 is 5.02. The van der Waals surface area contributed by atoms with Crippen LogP contribution >= 0.6 is 0 Å². The van der Waals surface area contributed by atoms with Crippen molar-refractivity contribution >= 4 is 86.7 Å².